The first-order valence-corrected chi connectivity index (χ1v) is 5.70. The lowest BCUT2D eigenvalue weighted by atomic mass is 9.95. The van der Waals surface area contributed by atoms with Crippen LogP contribution in [0.4, 0.5) is 0 Å². The summed E-state index contributed by atoms with van der Waals surface area (Å²) in [5, 5.41) is 9.77. The zero-order valence-electron chi connectivity index (χ0n) is 10.7. The first-order valence-electron chi connectivity index (χ1n) is 5.70. The van der Waals surface area contributed by atoms with Gasteiger partial charge in [-0.05, 0) is 31.6 Å². The van der Waals surface area contributed by atoms with E-state index >= 15 is 0 Å². The van der Waals surface area contributed by atoms with Crippen molar-refractivity contribution in [2.45, 2.75) is 46.1 Å². The van der Waals surface area contributed by atoms with Crippen LogP contribution in [0.1, 0.15) is 40.5 Å². The summed E-state index contributed by atoms with van der Waals surface area (Å²) >= 11 is 0. The van der Waals surface area contributed by atoms with Crippen LogP contribution in [0.3, 0.4) is 0 Å². The number of aliphatic imine (C=N–C) groups is 1. The number of allylic oxidation sites excluding steroid dienone is 1. The van der Waals surface area contributed by atoms with E-state index in [1.54, 1.807) is 20.2 Å². The Morgan fingerprint density at radius 2 is 1.93 bits per heavy atom. The van der Waals surface area contributed by atoms with Gasteiger partial charge >= 0.3 is 0 Å². The Morgan fingerprint density at radius 3 is 2.40 bits per heavy atom. The highest BCUT2D eigenvalue weighted by Gasteiger charge is 2.11. The van der Waals surface area contributed by atoms with Crippen LogP contribution >= 0.6 is 0 Å². The van der Waals surface area contributed by atoms with Gasteiger partial charge in [-0.3, -0.25) is 4.99 Å². The van der Waals surface area contributed by atoms with Gasteiger partial charge in [-0.1, -0.05) is 32.9 Å². The minimum atomic E-state index is -0.897. The summed E-state index contributed by atoms with van der Waals surface area (Å²) in [5.74, 6) is 1.42. The van der Waals surface area contributed by atoms with Crippen molar-refractivity contribution in [2.24, 2.45) is 16.8 Å². The molecule has 0 bridgehead atoms. The summed E-state index contributed by atoms with van der Waals surface area (Å²) in [4.78, 5) is 3.83. The van der Waals surface area contributed by atoms with E-state index in [-0.39, 0.29) is 0 Å². The van der Waals surface area contributed by atoms with Crippen LogP contribution in [0.25, 0.3) is 0 Å². The first kappa shape index (κ1) is 14.4. The van der Waals surface area contributed by atoms with Crippen molar-refractivity contribution in [2.75, 3.05) is 7.05 Å². The van der Waals surface area contributed by atoms with E-state index in [0.29, 0.717) is 5.92 Å². The van der Waals surface area contributed by atoms with Crippen molar-refractivity contribution >= 4 is 6.21 Å². The van der Waals surface area contributed by atoms with Gasteiger partial charge in [-0.2, -0.15) is 0 Å². The van der Waals surface area contributed by atoms with Gasteiger partial charge in [0.05, 0.1) is 0 Å². The summed E-state index contributed by atoms with van der Waals surface area (Å²) in [6.45, 7) is 8.46. The van der Waals surface area contributed by atoms with E-state index in [1.165, 1.54) is 6.42 Å². The minimum Gasteiger partial charge on any atom is -0.380 e. The second-order valence-electron chi connectivity index (χ2n) is 4.99. The topological polar surface area (TPSA) is 32.6 Å². The molecule has 88 valence electrons. The number of hydrogen-bond donors (Lipinski definition) is 1. The van der Waals surface area contributed by atoms with Crippen molar-refractivity contribution in [1.82, 2.24) is 0 Å². The Bertz CT molecular complexity index is 217. The highest BCUT2D eigenvalue weighted by Crippen LogP contribution is 2.15. The second kappa shape index (κ2) is 6.78. The fourth-order valence-electron chi connectivity index (χ4n) is 1.74. The summed E-state index contributed by atoms with van der Waals surface area (Å²) in [5.41, 5.74) is -0.897. The largest absolute Gasteiger partial charge is 0.380 e. The lowest BCUT2D eigenvalue weighted by molar-refractivity contribution is 0.189. The molecule has 0 aliphatic carbocycles. The monoisotopic (exact) mass is 211 g/mol. The Balaban J connectivity index is 3.98. The molecule has 0 radical (unpaired) electrons. The SMILES string of the molecule is CN=CC(C)(O)/C=C\CC(C)CC(C)C. The molecule has 0 spiro atoms. The first-order chi connectivity index (χ1) is 6.87. The number of aliphatic hydroxyl groups is 1. The summed E-state index contributed by atoms with van der Waals surface area (Å²) in [6, 6.07) is 0. The number of nitrogens with zero attached hydrogens (tertiary/aromatic N) is 1. The van der Waals surface area contributed by atoms with Gasteiger partial charge in [0.2, 0.25) is 0 Å². The molecule has 0 heterocycles. The molecule has 2 unspecified atom stereocenters. The maximum atomic E-state index is 9.77. The molecule has 1 N–H and O–H groups in total. The van der Waals surface area contributed by atoms with Crippen LogP contribution in [0.2, 0.25) is 0 Å². The molecule has 0 amide bonds. The van der Waals surface area contributed by atoms with E-state index in [4.69, 9.17) is 0 Å². The third-order valence-corrected chi connectivity index (χ3v) is 2.26. The predicted octanol–water partition coefficient (Wildman–Crippen LogP) is 3.07. The lowest BCUT2D eigenvalue weighted by Crippen LogP contribution is -2.22. The third kappa shape index (κ3) is 8.37. The van der Waals surface area contributed by atoms with E-state index < -0.39 is 5.60 Å². The highest BCUT2D eigenvalue weighted by atomic mass is 16.3. The Morgan fingerprint density at radius 1 is 1.33 bits per heavy atom. The molecule has 2 atom stereocenters. The van der Waals surface area contributed by atoms with Crippen LogP contribution in [0.15, 0.2) is 17.1 Å². The molecule has 0 aliphatic heterocycles. The smallest absolute Gasteiger partial charge is 0.114 e. The zero-order valence-corrected chi connectivity index (χ0v) is 10.7. The molecule has 15 heavy (non-hydrogen) atoms. The Hall–Kier alpha value is -0.630. The molecule has 0 aromatic carbocycles. The van der Waals surface area contributed by atoms with Gasteiger partial charge in [-0.15, -0.1) is 0 Å². The molecule has 0 saturated heterocycles. The molecular weight excluding hydrogens is 186 g/mol. The standard InChI is InChI=1S/C13H25NO/c1-11(2)9-12(3)7-6-8-13(4,15)10-14-5/h6,8,10-12,15H,7,9H2,1-5H3/b8-6-,14-10?. The minimum absolute atomic E-state index is 0.676. The van der Waals surface area contributed by atoms with Gasteiger partial charge in [0.1, 0.15) is 5.60 Å². The zero-order chi connectivity index (χ0) is 11.9. The molecule has 2 nitrogen and oxygen atoms in total. The molecule has 0 aromatic rings. The van der Waals surface area contributed by atoms with E-state index in [0.717, 1.165) is 12.3 Å². The molecule has 2 heteroatoms. The maximum Gasteiger partial charge on any atom is 0.114 e. The average Bonchev–Trinajstić information content (AvgIpc) is 2.01. The van der Waals surface area contributed by atoms with Crippen LogP contribution in [0, 0.1) is 11.8 Å². The van der Waals surface area contributed by atoms with Gasteiger partial charge in [0.15, 0.2) is 0 Å². The van der Waals surface area contributed by atoms with Gasteiger partial charge in [0, 0.05) is 13.3 Å². The van der Waals surface area contributed by atoms with Crippen molar-refractivity contribution in [3.05, 3.63) is 12.2 Å². The Kier molecular flexibility index (Phi) is 6.50. The molecule has 0 rings (SSSR count). The average molecular weight is 211 g/mol. The van der Waals surface area contributed by atoms with Crippen molar-refractivity contribution < 1.29 is 5.11 Å². The summed E-state index contributed by atoms with van der Waals surface area (Å²) < 4.78 is 0. The molecule has 0 fully saturated rings. The molecule has 0 saturated carbocycles. The van der Waals surface area contributed by atoms with Gasteiger partial charge in [0.25, 0.3) is 0 Å². The van der Waals surface area contributed by atoms with Gasteiger partial charge < -0.3 is 5.11 Å². The Labute approximate surface area is 94.1 Å². The molecule has 0 aliphatic rings. The highest BCUT2D eigenvalue weighted by molar-refractivity contribution is 5.70. The normalized spacial score (nSPS) is 18.9. The quantitative estimate of drug-likeness (QED) is 0.531. The lowest BCUT2D eigenvalue weighted by Gasteiger charge is -2.14. The van der Waals surface area contributed by atoms with E-state index in [9.17, 15) is 5.11 Å². The maximum absolute atomic E-state index is 9.77. The van der Waals surface area contributed by atoms with Gasteiger partial charge in [-0.25, -0.2) is 0 Å². The predicted molar refractivity (Wildman–Crippen MR) is 67.4 cm³/mol. The van der Waals surface area contributed by atoms with E-state index in [2.05, 4.69) is 31.8 Å². The fourth-order valence-corrected chi connectivity index (χ4v) is 1.74. The molecular formula is C13H25NO. The van der Waals surface area contributed by atoms with Crippen LogP contribution in [0.5, 0.6) is 0 Å². The van der Waals surface area contributed by atoms with Crippen LogP contribution in [-0.2, 0) is 0 Å². The van der Waals surface area contributed by atoms with E-state index in [1.807, 2.05) is 6.08 Å². The van der Waals surface area contributed by atoms with Crippen LogP contribution in [-0.4, -0.2) is 24.0 Å². The molecule has 0 aromatic heterocycles. The second-order valence-corrected chi connectivity index (χ2v) is 4.99. The third-order valence-electron chi connectivity index (χ3n) is 2.26. The summed E-state index contributed by atoms with van der Waals surface area (Å²) in [6.07, 6.45) is 7.67. The number of rotatable bonds is 6. The summed E-state index contributed by atoms with van der Waals surface area (Å²) in [7, 11) is 1.67. The van der Waals surface area contributed by atoms with Crippen LogP contribution < -0.4 is 0 Å². The van der Waals surface area contributed by atoms with Crippen molar-refractivity contribution in [1.29, 1.82) is 0 Å². The van der Waals surface area contributed by atoms with Crippen molar-refractivity contribution in [3.63, 3.8) is 0 Å². The van der Waals surface area contributed by atoms with Crippen molar-refractivity contribution in [3.8, 4) is 0 Å². The number of hydrogen-bond acceptors (Lipinski definition) is 2. The fraction of sp³-hybridized carbons (Fsp3) is 0.769.